The van der Waals surface area contributed by atoms with E-state index in [1.165, 1.54) is 4.57 Å². The average Bonchev–Trinajstić information content (AvgIpc) is 2.93. The predicted octanol–water partition coefficient (Wildman–Crippen LogP) is 3.58. The Balaban J connectivity index is 1.69. The van der Waals surface area contributed by atoms with E-state index >= 15 is 0 Å². The maximum absolute atomic E-state index is 12.8. The van der Waals surface area contributed by atoms with E-state index in [1.807, 2.05) is 0 Å². The number of halogens is 1. The molecule has 0 fully saturated rings. The van der Waals surface area contributed by atoms with Gasteiger partial charge in [0.1, 0.15) is 0 Å². The molecule has 2 amide bonds. The molecule has 2 heterocycles. The van der Waals surface area contributed by atoms with Gasteiger partial charge in [0.25, 0.3) is 17.4 Å². The summed E-state index contributed by atoms with van der Waals surface area (Å²) in [6.07, 6.45) is 1.59. The number of amides is 2. The minimum absolute atomic E-state index is 0.0437. The molecule has 4 rings (SSSR count). The highest BCUT2D eigenvalue weighted by Crippen LogP contribution is 2.27. The highest BCUT2D eigenvalue weighted by Gasteiger charge is 2.35. The van der Waals surface area contributed by atoms with Crippen LogP contribution in [0.3, 0.4) is 0 Å². The van der Waals surface area contributed by atoms with E-state index in [0.29, 0.717) is 32.2 Å². The van der Waals surface area contributed by atoms with Crippen molar-refractivity contribution < 1.29 is 9.59 Å². The molecule has 1 aliphatic heterocycles. The summed E-state index contributed by atoms with van der Waals surface area (Å²) in [6.45, 7) is 3.94. The lowest BCUT2D eigenvalue weighted by atomic mass is 10.1. The second-order valence-electron chi connectivity index (χ2n) is 6.12. The number of fused-ring (bicyclic) bond motifs is 2. The Morgan fingerprint density at radius 1 is 1.07 bits per heavy atom. The SMILES string of the molecule is C=CCn1c(SCN2C(=O)c3ccccc3C2=O)nc2cc(Cl)ccc2c1=O. The summed E-state index contributed by atoms with van der Waals surface area (Å²) in [7, 11) is 0. The first-order valence-corrected chi connectivity index (χ1v) is 9.76. The van der Waals surface area contributed by atoms with Gasteiger partial charge in [0, 0.05) is 11.6 Å². The zero-order chi connectivity index (χ0) is 19.8. The van der Waals surface area contributed by atoms with Crippen LogP contribution < -0.4 is 5.56 Å². The summed E-state index contributed by atoms with van der Waals surface area (Å²) >= 11 is 7.17. The van der Waals surface area contributed by atoms with Crippen LogP contribution in [-0.2, 0) is 6.54 Å². The van der Waals surface area contributed by atoms with Crippen LogP contribution in [0.5, 0.6) is 0 Å². The Morgan fingerprint density at radius 2 is 1.75 bits per heavy atom. The molecule has 1 aliphatic rings. The van der Waals surface area contributed by atoms with E-state index in [1.54, 1.807) is 48.5 Å². The van der Waals surface area contributed by atoms with Crippen molar-refractivity contribution in [2.75, 3.05) is 5.88 Å². The van der Waals surface area contributed by atoms with Crippen molar-refractivity contribution in [3.63, 3.8) is 0 Å². The van der Waals surface area contributed by atoms with Crippen LogP contribution in [0.4, 0.5) is 0 Å². The summed E-state index contributed by atoms with van der Waals surface area (Å²) in [5.41, 5.74) is 0.999. The van der Waals surface area contributed by atoms with E-state index in [2.05, 4.69) is 11.6 Å². The predicted molar refractivity (Wildman–Crippen MR) is 109 cm³/mol. The molecule has 1 aromatic heterocycles. The molecule has 0 saturated heterocycles. The maximum Gasteiger partial charge on any atom is 0.262 e. The fourth-order valence-corrected chi connectivity index (χ4v) is 4.17. The van der Waals surface area contributed by atoms with Gasteiger partial charge in [-0.3, -0.25) is 23.9 Å². The number of imide groups is 1. The second kappa shape index (κ2) is 7.26. The third kappa shape index (κ3) is 3.02. The normalized spacial score (nSPS) is 13.2. The lowest BCUT2D eigenvalue weighted by Crippen LogP contribution is -2.30. The molecule has 0 aliphatic carbocycles. The molecule has 0 spiro atoms. The molecular formula is C20H14ClN3O3S. The lowest BCUT2D eigenvalue weighted by molar-refractivity contribution is 0.0684. The van der Waals surface area contributed by atoms with Gasteiger partial charge in [-0.15, -0.1) is 6.58 Å². The Morgan fingerprint density at radius 3 is 2.39 bits per heavy atom. The first-order chi connectivity index (χ1) is 13.5. The number of hydrogen-bond donors (Lipinski definition) is 0. The fourth-order valence-electron chi connectivity index (χ4n) is 3.05. The van der Waals surface area contributed by atoms with Crippen LogP contribution >= 0.6 is 23.4 Å². The summed E-state index contributed by atoms with van der Waals surface area (Å²) in [4.78, 5) is 43.6. The molecular weight excluding hydrogens is 398 g/mol. The fraction of sp³-hybridized carbons (Fsp3) is 0.100. The first-order valence-electron chi connectivity index (χ1n) is 8.40. The zero-order valence-electron chi connectivity index (χ0n) is 14.6. The number of rotatable bonds is 5. The molecule has 0 bridgehead atoms. The topological polar surface area (TPSA) is 72.3 Å². The number of carbonyl (C=O) groups excluding carboxylic acids is 2. The maximum atomic E-state index is 12.8. The first kappa shape index (κ1) is 18.5. The van der Waals surface area contributed by atoms with Crippen molar-refractivity contribution in [2.45, 2.75) is 11.7 Å². The van der Waals surface area contributed by atoms with Gasteiger partial charge in [0.05, 0.1) is 27.9 Å². The van der Waals surface area contributed by atoms with Crippen molar-refractivity contribution in [1.82, 2.24) is 14.5 Å². The monoisotopic (exact) mass is 411 g/mol. The van der Waals surface area contributed by atoms with E-state index < -0.39 is 0 Å². The van der Waals surface area contributed by atoms with Crippen molar-refractivity contribution in [2.24, 2.45) is 0 Å². The molecule has 0 radical (unpaired) electrons. The minimum atomic E-state index is -0.352. The van der Waals surface area contributed by atoms with Gasteiger partial charge in [0.2, 0.25) is 0 Å². The summed E-state index contributed by atoms with van der Waals surface area (Å²) in [6, 6.07) is 11.6. The van der Waals surface area contributed by atoms with Gasteiger partial charge in [-0.1, -0.05) is 41.6 Å². The smallest absolute Gasteiger partial charge is 0.262 e. The number of nitrogens with zero attached hydrogens (tertiary/aromatic N) is 3. The van der Waals surface area contributed by atoms with E-state index in [0.717, 1.165) is 16.7 Å². The van der Waals surface area contributed by atoms with Gasteiger partial charge in [-0.05, 0) is 30.3 Å². The Bertz CT molecular complexity index is 1170. The third-order valence-electron chi connectivity index (χ3n) is 4.39. The minimum Gasteiger partial charge on any atom is -0.283 e. The average molecular weight is 412 g/mol. The van der Waals surface area contributed by atoms with Crippen LogP contribution in [-0.4, -0.2) is 32.1 Å². The molecule has 140 valence electrons. The quantitative estimate of drug-likeness (QED) is 0.278. The summed E-state index contributed by atoms with van der Waals surface area (Å²) in [5, 5.41) is 1.30. The molecule has 8 heteroatoms. The molecule has 28 heavy (non-hydrogen) atoms. The molecule has 0 N–H and O–H groups in total. The number of aromatic nitrogens is 2. The molecule has 6 nitrogen and oxygen atoms in total. The highest BCUT2D eigenvalue weighted by atomic mass is 35.5. The van der Waals surface area contributed by atoms with Crippen LogP contribution in [0, 0.1) is 0 Å². The van der Waals surface area contributed by atoms with E-state index in [-0.39, 0.29) is 29.8 Å². The Hall–Kier alpha value is -2.90. The number of allylic oxidation sites excluding steroid dienone is 1. The third-order valence-corrected chi connectivity index (χ3v) is 5.59. The molecule has 0 unspecified atom stereocenters. The molecule has 0 saturated carbocycles. The number of carbonyl (C=O) groups is 2. The zero-order valence-corrected chi connectivity index (χ0v) is 16.2. The summed E-state index contributed by atoms with van der Waals surface area (Å²) in [5.74, 6) is -0.661. The largest absolute Gasteiger partial charge is 0.283 e. The van der Waals surface area contributed by atoms with Gasteiger partial charge in [-0.2, -0.15) is 0 Å². The van der Waals surface area contributed by atoms with Gasteiger partial charge in [0.15, 0.2) is 5.16 Å². The van der Waals surface area contributed by atoms with Gasteiger partial charge < -0.3 is 0 Å². The molecule has 2 aromatic carbocycles. The van der Waals surface area contributed by atoms with Crippen molar-refractivity contribution in [3.8, 4) is 0 Å². The lowest BCUT2D eigenvalue weighted by Gasteiger charge is -2.15. The Labute approximate surface area is 169 Å². The Kier molecular flexibility index (Phi) is 4.78. The number of benzene rings is 2. The van der Waals surface area contributed by atoms with Gasteiger partial charge >= 0.3 is 0 Å². The highest BCUT2D eigenvalue weighted by molar-refractivity contribution is 7.99. The standard InChI is InChI=1S/C20H14ClN3O3S/c1-2-9-23-19(27)15-8-7-12(21)10-16(15)22-20(23)28-11-24-17(25)13-5-3-4-6-14(13)18(24)26/h2-8,10H,1,9,11H2. The van der Waals surface area contributed by atoms with E-state index in [9.17, 15) is 14.4 Å². The number of thioether (sulfide) groups is 1. The summed E-state index contributed by atoms with van der Waals surface area (Å²) < 4.78 is 1.46. The van der Waals surface area contributed by atoms with Gasteiger partial charge in [-0.25, -0.2) is 4.98 Å². The van der Waals surface area contributed by atoms with Crippen LogP contribution in [0.1, 0.15) is 20.7 Å². The van der Waals surface area contributed by atoms with Crippen molar-refractivity contribution in [3.05, 3.63) is 81.6 Å². The second-order valence-corrected chi connectivity index (χ2v) is 7.47. The van der Waals surface area contributed by atoms with E-state index in [4.69, 9.17) is 11.6 Å². The van der Waals surface area contributed by atoms with Crippen molar-refractivity contribution in [1.29, 1.82) is 0 Å². The van der Waals surface area contributed by atoms with Crippen LogP contribution in [0.2, 0.25) is 5.02 Å². The number of hydrogen-bond acceptors (Lipinski definition) is 5. The van der Waals surface area contributed by atoms with Crippen LogP contribution in [0.15, 0.2) is 65.1 Å². The van der Waals surface area contributed by atoms with Crippen LogP contribution in [0.25, 0.3) is 10.9 Å². The molecule has 0 atom stereocenters. The molecule has 3 aromatic rings. The van der Waals surface area contributed by atoms with Crippen molar-refractivity contribution >= 4 is 46.1 Å².